The zero-order valence-electron chi connectivity index (χ0n) is 22.7. The Balaban J connectivity index is 0.000000173. The number of aromatic nitrogens is 2. The third-order valence-electron chi connectivity index (χ3n) is 7.38. The summed E-state index contributed by atoms with van der Waals surface area (Å²) in [7, 11) is 3.66. The summed E-state index contributed by atoms with van der Waals surface area (Å²) < 4.78 is 0. The predicted octanol–water partition coefficient (Wildman–Crippen LogP) is 6.25. The third kappa shape index (κ3) is 6.90. The largest absolute Gasteiger partial charge is 0.373 e. The van der Waals surface area contributed by atoms with Crippen LogP contribution in [-0.2, 0) is 6.42 Å². The minimum absolute atomic E-state index is 0.623. The molecular weight excluding hydrogens is 476 g/mol. The summed E-state index contributed by atoms with van der Waals surface area (Å²) >= 11 is 1.60. The first-order chi connectivity index (χ1) is 17.9. The maximum absolute atomic E-state index is 4.55. The van der Waals surface area contributed by atoms with E-state index in [0.29, 0.717) is 5.41 Å². The highest BCUT2D eigenvalue weighted by Crippen LogP contribution is 2.36. The molecule has 0 saturated carbocycles. The summed E-state index contributed by atoms with van der Waals surface area (Å²) in [5, 5.41) is 9.76. The van der Waals surface area contributed by atoms with Crippen LogP contribution >= 0.6 is 11.8 Å². The van der Waals surface area contributed by atoms with Crippen LogP contribution < -0.4 is 15.5 Å². The monoisotopic (exact) mass is 516 g/mol. The van der Waals surface area contributed by atoms with Gasteiger partial charge in [0.1, 0.15) is 11.6 Å². The number of aryl methyl sites for hydroxylation is 1. The molecule has 1 aromatic carbocycles. The average molecular weight is 517 g/mol. The summed E-state index contributed by atoms with van der Waals surface area (Å²) in [6.45, 7) is 13.1. The lowest BCUT2D eigenvalue weighted by Gasteiger charge is -2.48. The lowest BCUT2D eigenvalue weighted by molar-refractivity contribution is 0.126. The van der Waals surface area contributed by atoms with E-state index in [9.17, 15) is 0 Å². The molecule has 2 aliphatic rings. The Bertz CT molecular complexity index is 1240. The quantitative estimate of drug-likeness (QED) is 0.298. The molecule has 0 aliphatic carbocycles. The van der Waals surface area contributed by atoms with Gasteiger partial charge in [-0.25, -0.2) is 9.97 Å². The van der Waals surface area contributed by atoms with Crippen LogP contribution in [0.2, 0.25) is 0 Å². The molecule has 2 N–H and O–H groups in total. The molecule has 0 atom stereocenters. The van der Waals surface area contributed by atoms with Crippen LogP contribution in [0.3, 0.4) is 0 Å². The van der Waals surface area contributed by atoms with Crippen molar-refractivity contribution in [2.75, 3.05) is 50.5 Å². The van der Waals surface area contributed by atoms with Gasteiger partial charge in [-0.2, -0.15) is 0 Å². The van der Waals surface area contributed by atoms with Crippen molar-refractivity contribution in [1.29, 1.82) is 0 Å². The number of hydrogen-bond donors (Lipinski definition) is 2. The molecule has 37 heavy (non-hydrogen) atoms. The van der Waals surface area contributed by atoms with Gasteiger partial charge in [-0.15, -0.1) is 0 Å². The van der Waals surface area contributed by atoms with Crippen molar-refractivity contribution >= 4 is 44.1 Å². The molecule has 0 radical (unpaired) electrons. The SMILES string of the molecule is C=C(SC(C)=NC)c1ccc2cnc(NC)cc2c1.CCCc1ccnc(N2CCC3(CC2)CNC3)c1. The van der Waals surface area contributed by atoms with E-state index in [4.69, 9.17) is 0 Å². The number of rotatable bonds is 6. The van der Waals surface area contributed by atoms with E-state index in [1.807, 2.05) is 32.4 Å². The van der Waals surface area contributed by atoms with Crippen LogP contribution in [0.1, 0.15) is 44.2 Å². The number of nitrogens with zero attached hydrogens (tertiary/aromatic N) is 4. The van der Waals surface area contributed by atoms with Crippen molar-refractivity contribution in [3.05, 3.63) is 66.5 Å². The van der Waals surface area contributed by atoms with Gasteiger partial charge in [-0.3, -0.25) is 4.99 Å². The number of thioether (sulfide) groups is 1. The van der Waals surface area contributed by atoms with Gasteiger partial charge in [-0.1, -0.05) is 43.8 Å². The van der Waals surface area contributed by atoms with E-state index in [1.54, 1.807) is 18.8 Å². The van der Waals surface area contributed by atoms with Gasteiger partial charge < -0.3 is 15.5 Å². The lowest BCUT2D eigenvalue weighted by atomic mass is 9.73. The summed E-state index contributed by atoms with van der Waals surface area (Å²) in [6.07, 6.45) is 8.85. The lowest BCUT2D eigenvalue weighted by Crippen LogP contribution is -2.58. The van der Waals surface area contributed by atoms with E-state index in [2.05, 4.69) is 74.3 Å². The second-order valence-electron chi connectivity index (χ2n) is 10.0. The minimum atomic E-state index is 0.623. The second-order valence-corrected chi connectivity index (χ2v) is 11.3. The number of piperidine rings is 1. The van der Waals surface area contributed by atoms with Crippen molar-refractivity contribution in [3.8, 4) is 0 Å². The van der Waals surface area contributed by atoms with Gasteiger partial charge in [0.15, 0.2) is 0 Å². The fourth-order valence-corrected chi connectivity index (χ4v) is 5.55. The van der Waals surface area contributed by atoms with Crippen molar-refractivity contribution in [2.24, 2.45) is 10.4 Å². The number of aliphatic imine (C=N–C) groups is 1. The Morgan fingerprint density at radius 1 is 1.14 bits per heavy atom. The predicted molar refractivity (Wildman–Crippen MR) is 162 cm³/mol. The third-order valence-corrected chi connectivity index (χ3v) is 8.34. The standard InChI is InChI=1S/C15H17N3S.C15H23N3/c1-10(19-11(2)16-3)12-5-6-13-9-18-15(17-4)8-14(13)7-12;1-2-3-13-4-7-17-14(10-13)18-8-5-15(6-9-18)11-16-12-15/h5-9H,1H2,2-4H3,(H,17,18);4,7,10,16H,2-3,5-6,8-9,11-12H2,1H3. The number of anilines is 2. The van der Waals surface area contributed by atoms with Crippen LogP contribution in [0.25, 0.3) is 15.7 Å². The van der Waals surface area contributed by atoms with Gasteiger partial charge in [0.05, 0.1) is 5.04 Å². The summed E-state index contributed by atoms with van der Waals surface area (Å²) in [5.41, 5.74) is 3.17. The van der Waals surface area contributed by atoms with Crippen LogP contribution in [-0.4, -0.2) is 55.3 Å². The maximum Gasteiger partial charge on any atom is 0.128 e. The van der Waals surface area contributed by atoms with E-state index >= 15 is 0 Å². The highest BCUT2D eigenvalue weighted by Gasteiger charge is 2.39. The van der Waals surface area contributed by atoms with Crippen molar-refractivity contribution in [2.45, 2.75) is 39.5 Å². The molecule has 2 aromatic heterocycles. The minimum Gasteiger partial charge on any atom is -0.373 e. The maximum atomic E-state index is 4.55. The van der Waals surface area contributed by atoms with E-state index in [0.717, 1.165) is 38.5 Å². The molecule has 2 saturated heterocycles. The smallest absolute Gasteiger partial charge is 0.128 e. The van der Waals surface area contributed by atoms with Crippen LogP contribution in [0.15, 0.2) is 60.4 Å². The Morgan fingerprint density at radius 3 is 2.57 bits per heavy atom. The molecular formula is C30H40N6S. The number of nitrogens with one attached hydrogen (secondary N) is 2. The average Bonchev–Trinajstić information content (AvgIpc) is 2.92. The van der Waals surface area contributed by atoms with Gasteiger partial charge >= 0.3 is 0 Å². The Hall–Kier alpha value is -2.90. The first-order valence-corrected chi connectivity index (χ1v) is 14.1. The zero-order valence-corrected chi connectivity index (χ0v) is 23.5. The molecule has 6 nitrogen and oxygen atoms in total. The van der Waals surface area contributed by atoms with Crippen LogP contribution in [0, 0.1) is 5.41 Å². The molecule has 4 heterocycles. The second kappa shape index (κ2) is 12.6. The van der Waals surface area contributed by atoms with Crippen molar-refractivity contribution in [1.82, 2.24) is 15.3 Å². The highest BCUT2D eigenvalue weighted by atomic mass is 32.2. The fourth-order valence-electron chi connectivity index (χ4n) is 4.85. The Kier molecular flexibility index (Phi) is 9.22. The molecule has 5 rings (SSSR count). The number of fused-ring (bicyclic) bond motifs is 1. The van der Waals surface area contributed by atoms with E-state index in [-0.39, 0.29) is 0 Å². The zero-order chi connectivity index (χ0) is 26.3. The van der Waals surface area contributed by atoms with E-state index < -0.39 is 0 Å². The highest BCUT2D eigenvalue weighted by molar-refractivity contribution is 8.21. The van der Waals surface area contributed by atoms with Gasteiger partial charge in [0.25, 0.3) is 0 Å². The molecule has 7 heteroatoms. The fraction of sp³-hybridized carbons (Fsp3) is 0.433. The topological polar surface area (TPSA) is 65.4 Å². The Morgan fingerprint density at radius 2 is 1.92 bits per heavy atom. The number of hydrogen-bond acceptors (Lipinski definition) is 7. The van der Waals surface area contributed by atoms with Gasteiger partial charge in [0.2, 0.25) is 0 Å². The summed E-state index contributed by atoms with van der Waals surface area (Å²) in [4.78, 5) is 16.5. The number of benzene rings is 1. The molecule has 2 fully saturated rings. The normalized spacial score (nSPS) is 16.6. The van der Waals surface area contributed by atoms with Gasteiger partial charge in [-0.05, 0) is 72.4 Å². The number of pyridine rings is 2. The molecule has 0 amide bonds. The molecule has 3 aromatic rings. The van der Waals surface area contributed by atoms with E-state index in [1.165, 1.54) is 56.8 Å². The molecule has 1 spiro atoms. The molecule has 0 unspecified atom stereocenters. The van der Waals surface area contributed by atoms with Crippen molar-refractivity contribution in [3.63, 3.8) is 0 Å². The van der Waals surface area contributed by atoms with Gasteiger partial charge in [0, 0.05) is 63.0 Å². The summed E-state index contributed by atoms with van der Waals surface area (Å²) in [5.74, 6) is 2.05. The first-order valence-electron chi connectivity index (χ1n) is 13.2. The van der Waals surface area contributed by atoms with Crippen molar-refractivity contribution < 1.29 is 0 Å². The molecule has 196 valence electrons. The van der Waals surface area contributed by atoms with Crippen LogP contribution in [0.5, 0.6) is 0 Å². The first kappa shape index (κ1) is 27.1. The molecule has 0 bridgehead atoms. The Labute approximate surface area is 226 Å². The molecule has 2 aliphatic heterocycles. The van der Waals surface area contributed by atoms with Crippen LogP contribution in [0.4, 0.5) is 11.6 Å². The summed E-state index contributed by atoms with van der Waals surface area (Å²) in [6, 6.07) is 12.7.